The fourth-order valence-corrected chi connectivity index (χ4v) is 7.14. The van der Waals surface area contributed by atoms with E-state index >= 15 is 8.78 Å². The summed E-state index contributed by atoms with van der Waals surface area (Å²) in [7, 11) is -4.29. The van der Waals surface area contributed by atoms with Crippen LogP contribution in [0.4, 0.5) is 13.2 Å². The minimum absolute atomic E-state index is 0.0329. The van der Waals surface area contributed by atoms with E-state index < -0.39 is 22.0 Å². The van der Waals surface area contributed by atoms with Gasteiger partial charge in [-0.05, 0) is 73.2 Å². The van der Waals surface area contributed by atoms with Crippen molar-refractivity contribution in [3.63, 3.8) is 0 Å². The van der Waals surface area contributed by atoms with Crippen LogP contribution in [0.5, 0.6) is 0 Å². The molecule has 2 saturated heterocycles. The standard InChI is InChI=1S/C28H29BrF3N3O2S/c29-21-7-5-20(6-8-21)28(31,32)27(17-35-24-11-12-25(35)16-23(33)15-24)34-38(36,37)26-13-3-19(4-14-26)18-1-9-22(30)10-2-18/h1-10,13-14,23-25,27,34H,11-12,15-17,33H2/t23?,24?,25?,27-/m0/s1. The van der Waals surface area contributed by atoms with Gasteiger partial charge in [-0.15, -0.1) is 0 Å². The predicted octanol–water partition coefficient (Wildman–Crippen LogP) is 5.65. The van der Waals surface area contributed by atoms with Crippen molar-refractivity contribution in [3.05, 3.63) is 88.6 Å². The summed E-state index contributed by atoms with van der Waals surface area (Å²) in [5, 5.41) is 0. The Bertz CT molecular complexity index is 1360. The molecular weight excluding hydrogens is 579 g/mol. The Morgan fingerprint density at radius 2 is 1.45 bits per heavy atom. The molecule has 2 unspecified atom stereocenters. The minimum Gasteiger partial charge on any atom is -0.328 e. The third kappa shape index (κ3) is 5.70. The molecule has 0 aliphatic carbocycles. The summed E-state index contributed by atoms with van der Waals surface area (Å²) < 4.78 is 75.1. The molecule has 3 aromatic rings. The molecule has 202 valence electrons. The van der Waals surface area contributed by atoms with E-state index in [0.717, 1.165) is 12.8 Å². The van der Waals surface area contributed by atoms with Gasteiger partial charge in [0.25, 0.3) is 5.92 Å². The van der Waals surface area contributed by atoms with Crippen LogP contribution < -0.4 is 10.5 Å². The van der Waals surface area contributed by atoms with Gasteiger partial charge >= 0.3 is 0 Å². The summed E-state index contributed by atoms with van der Waals surface area (Å²) in [5.41, 5.74) is 7.30. The van der Waals surface area contributed by atoms with Crippen LogP contribution in [-0.2, 0) is 15.9 Å². The van der Waals surface area contributed by atoms with E-state index in [0.29, 0.717) is 28.4 Å². The second kappa shape index (κ2) is 10.7. The fraction of sp³-hybridized carbons (Fsp3) is 0.357. The Labute approximate surface area is 229 Å². The van der Waals surface area contributed by atoms with Gasteiger partial charge in [-0.3, -0.25) is 4.90 Å². The molecule has 5 nitrogen and oxygen atoms in total. The number of nitrogens with two attached hydrogens (primary N) is 1. The maximum Gasteiger partial charge on any atom is 0.290 e. The van der Waals surface area contributed by atoms with Crippen molar-refractivity contribution in [1.29, 1.82) is 0 Å². The zero-order valence-corrected chi connectivity index (χ0v) is 22.9. The number of nitrogens with one attached hydrogen (secondary N) is 1. The molecule has 0 saturated carbocycles. The normalized spacial score (nSPS) is 22.9. The molecule has 2 aliphatic rings. The van der Waals surface area contributed by atoms with E-state index in [1.165, 1.54) is 48.5 Å². The van der Waals surface area contributed by atoms with E-state index in [1.54, 1.807) is 24.3 Å². The Morgan fingerprint density at radius 1 is 0.921 bits per heavy atom. The lowest BCUT2D eigenvalue weighted by Crippen LogP contribution is -2.57. The third-order valence-corrected chi connectivity index (χ3v) is 9.64. The number of rotatable bonds is 8. The lowest BCUT2D eigenvalue weighted by Gasteiger charge is -2.41. The highest BCUT2D eigenvalue weighted by molar-refractivity contribution is 9.10. The van der Waals surface area contributed by atoms with Crippen molar-refractivity contribution in [2.45, 2.75) is 60.7 Å². The number of alkyl halides is 2. The molecule has 3 atom stereocenters. The Morgan fingerprint density at radius 3 is 2.00 bits per heavy atom. The third-order valence-electron chi connectivity index (χ3n) is 7.62. The monoisotopic (exact) mass is 607 g/mol. The van der Waals surface area contributed by atoms with E-state index in [2.05, 4.69) is 20.7 Å². The van der Waals surface area contributed by atoms with Gasteiger partial charge in [0.2, 0.25) is 10.0 Å². The van der Waals surface area contributed by atoms with Gasteiger partial charge in [0.1, 0.15) is 11.9 Å². The quantitative estimate of drug-likeness (QED) is 0.347. The molecule has 2 bridgehead atoms. The first kappa shape index (κ1) is 27.3. The average molecular weight is 609 g/mol. The van der Waals surface area contributed by atoms with Gasteiger partial charge in [0.15, 0.2) is 0 Å². The maximum atomic E-state index is 16.0. The number of piperidine rings is 1. The van der Waals surface area contributed by atoms with Gasteiger partial charge in [0.05, 0.1) is 4.90 Å². The summed E-state index contributed by atoms with van der Waals surface area (Å²) in [6.45, 7) is -0.127. The van der Waals surface area contributed by atoms with Crippen LogP contribution in [-0.4, -0.2) is 44.0 Å². The van der Waals surface area contributed by atoms with Crippen molar-refractivity contribution < 1.29 is 21.6 Å². The van der Waals surface area contributed by atoms with Gasteiger partial charge < -0.3 is 5.73 Å². The number of hydrogen-bond acceptors (Lipinski definition) is 4. The molecule has 0 amide bonds. The number of hydrogen-bond donors (Lipinski definition) is 2. The molecule has 38 heavy (non-hydrogen) atoms. The average Bonchev–Trinajstić information content (AvgIpc) is 3.12. The van der Waals surface area contributed by atoms with Crippen molar-refractivity contribution in [1.82, 2.24) is 9.62 Å². The summed E-state index contributed by atoms with van der Waals surface area (Å²) >= 11 is 3.27. The first-order valence-corrected chi connectivity index (χ1v) is 14.8. The summed E-state index contributed by atoms with van der Waals surface area (Å²) in [4.78, 5) is 1.89. The topological polar surface area (TPSA) is 75.4 Å². The zero-order chi connectivity index (χ0) is 27.1. The highest BCUT2D eigenvalue weighted by Crippen LogP contribution is 2.39. The van der Waals surface area contributed by atoms with Gasteiger partial charge in [-0.1, -0.05) is 52.3 Å². The highest BCUT2D eigenvalue weighted by Gasteiger charge is 2.48. The van der Waals surface area contributed by atoms with Gasteiger partial charge in [-0.2, -0.15) is 8.78 Å². The number of nitrogens with zero attached hydrogens (tertiary/aromatic N) is 1. The molecule has 2 heterocycles. The molecule has 2 fully saturated rings. The lowest BCUT2D eigenvalue weighted by molar-refractivity contribution is -0.0534. The smallest absolute Gasteiger partial charge is 0.290 e. The number of fused-ring (bicyclic) bond motifs is 2. The first-order valence-electron chi connectivity index (χ1n) is 12.6. The SMILES string of the molecule is NC1CC2CCC(C1)N2C[C@H](NS(=O)(=O)c1ccc(-c2ccc(F)cc2)cc1)C(F)(F)c1ccc(Br)cc1. The molecule has 3 N–H and O–H groups in total. The van der Waals surface area contributed by atoms with Crippen molar-refractivity contribution in [2.75, 3.05) is 6.54 Å². The van der Waals surface area contributed by atoms with Crippen LogP contribution in [0.3, 0.4) is 0 Å². The second-order valence-electron chi connectivity index (χ2n) is 10.1. The number of sulfonamides is 1. The summed E-state index contributed by atoms with van der Waals surface area (Å²) in [5.74, 6) is -3.85. The summed E-state index contributed by atoms with van der Waals surface area (Å²) in [6, 6.07) is 15.8. The van der Waals surface area contributed by atoms with Crippen LogP contribution in [0.15, 0.2) is 82.2 Å². The van der Waals surface area contributed by atoms with Crippen LogP contribution >= 0.6 is 15.9 Å². The Kier molecular flexibility index (Phi) is 7.72. The van der Waals surface area contributed by atoms with E-state index in [4.69, 9.17) is 5.73 Å². The minimum atomic E-state index is -4.29. The molecule has 3 aromatic carbocycles. The number of halogens is 4. The van der Waals surface area contributed by atoms with Crippen molar-refractivity contribution in [3.8, 4) is 11.1 Å². The van der Waals surface area contributed by atoms with Crippen LogP contribution in [0.1, 0.15) is 31.2 Å². The predicted molar refractivity (Wildman–Crippen MR) is 145 cm³/mol. The fourth-order valence-electron chi connectivity index (χ4n) is 5.65. The van der Waals surface area contributed by atoms with Crippen molar-refractivity contribution in [2.24, 2.45) is 5.73 Å². The van der Waals surface area contributed by atoms with Crippen molar-refractivity contribution >= 4 is 26.0 Å². The van der Waals surface area contributed by atoms with E-state index in [1.807, 2.05) is 4.90 Å². The van der Waals surface area contributed by atoms with Crippen LogP contribution in [0.2, 0.25) is 0 Å². The largest absolute Gasteiger partial charge is 0.328 e. The highest BCUT2D eigenvalue weighted by atomic mass is 79.9. The summed E-state index contributed by atoms with van der Waals surface area (Å²) in [6.07, 6.45) is 3.16. The molecule has 10 heteroatoms. The maximum absolute atomic E-state index is 16.0. The molecule has 2 aliphatic heterocycles. The molecule has 0 radical (unpaired) electrons. The molecule has 5 rings (SSSR count). The number of benzene rings is 3. The zero-order valence-electron chi connectivity index (χ0n) is 20.5. The lowest BCUT2D eigenvalue weighted by atomic mass is 9.95. The molecular formula is C28H29BrF3N3O2S. The van der Waals surface area contributed by atoms with E-state index in [-0.39, 0.29) is 40.9 Å². The Hall–Kier alpha value is -2.24. The van der Waals surface area contributed by atoms with Crippen LogP contribution in [0.25, 0.3) is 11.1 Å². The second-order valence-corrected chi connectivity index (χ2v) is 12.8. The first-order chi connectivity index (χ1) is 18.0. The Balaban J connectivity index is 1.43. The van der Waals surface area contributed by atoms with Gasteiger partial charge in [-0.25, -0.2) is 17.5 Å². The van der Waals surface area contributed by atoms with Crippen LogP contribution in [0, 0.1) is 5.82 Å². The van der Waals surface area contributed by atoms with Gasteiger partial charge in [0, 0.05) is 34.7 Å². The van der Waals surface area contributed by atoms with E-state index in [9.17, 15) is 12.8 Å². The molecule has 0 aromatic heterocycles. The molecule has 0 spiro atoms.